The molecule has 2 amide bonds. The molecule has 7 nitrogen and oxygen atoms in total. The predicted octanol–water partition coefficient (Wildman–Crippen LogP) is 3.63. The SMILES string of the molecule is Cc1ccc(NC(=O)CN(C)C(=O)CSc2nnc(-c3ccccc3Cl)n2C)cc1. The normalized spacial score (nSPS) is 10.7. The fourth-order valence-corrected chi connectivity index (χ4v) is 3.77. The Labute approximate surface area is 184 Å². The van der Waals surface area contributed by atoms with E-state index in [0.29, 0.717) is 21.7 Å². The number of likely N-dealkylation sites (N-methyl/N-ethyl adjacent to an activating group) is 1. The van der Waals surface area contributed by atoms with Crippen LogP contribution in [0.2, 0.25) is 5.02 Å². The first-order valence-corrected chi connectivity index (χ1v) is 10.6. The van der Waals surface area contributed by atoms with E-state index in [1.165, 1.54) is 16.7 Å². The van der Waals surface area contributed by atoms with Gasteiger partial charge in [0.15, 0.2) is 11.0 Å². The van der Waals surface area contributed by atoms with E-state index in [4.69, 9.17) is 11.6 Å². The van der Waals surface area contributed by atoms with Gasteiger partial charge < -0.3 is 14.8 Å². The number of halogens is 1. The molecule has 0 aliphatic rings. The lowest BCUT2D eigenvalue weighted by atomic mass is 10.2. The number of benzene rings is 2. The summed E-state index contributed by atoms with van der Waals surface area (Å²) in [5, 5.41) is 12.3. The second-order valence-corrected chi connectivity index (χ2v) is 8.15. The first kappa shape index (κ1) is 21.9. The van der Waals surface area contributed by atoms with E-state index in [1.54, 1.807) is 17.7 Å². The molecule has 0 aliphatic heterocycles. The molecule has 30 heavy (non-hydrogen) atoms. The summed E-state index contributed by atoms with van der Waals surface area (Å²) in [5.74, 6) is 0.338. The lowest BCUT2D eigenvalue weighted by Crippen LogP contribution is -2.36. The van der Waals surface area contributed by atoms with E-state index in [-0.39, 0.29) is 24.1 Å². The zero-order chi connectivity index (χ0) is 21.7. The smallest absolute Gasteiger partial charge is 0.243 e. The van der Waals surface area contributed by atoms with Crippen LogP contribution in [-0.2, 0) is 16.6 Å². The van der Waals surface area contributed by atoms with Crippen LogP contribution in [0, 0.1) is 6.92 Å². The Balaban J connectivity index is 1.54. The second-order valence-electron chi connectivity index (χ2n) is 6.80. The van der Waals surface area contributed by atoms with Crippen LogP contribution in [0.3, 0.4) is 0 Å². The van der Waals surface area contributed by atoms with Crippen LogP contribution in [-0.4, -0.2) is 50.8 Å². The number of carbonyl (C=O) groups excluding carboxylic acids is 2. The van der Waals surface area contributed by atoms with Crippen molar-refractivity contribution in [3.63, 3.8) is 0 Å². The molecule has 0 unspecified atom stereocenters. The number of aryl methyl sites for hydroxylation is 1. The van der Waals surface area contributed by atoms with E-state index >= 15 is 0 Å². The minimum atomic E-state index is -0.251. The number of rotatable bonds is 7. The molecule has 156 valence electrons. The fraction of sp³-hybridized carbons (Fsp3) is 0.238. The van der Waals surface area contributed by atoms with Gasteiger partial charge in [-0.05, 0) is 31.2 Å². The number of aromatic nitrogens is 3. The zero-order valence-corrected chi connectivity index (χ0v) is 18.5. The number of amides is 2. The van der Waals surface area contributed by atoms with Crippen molar-refractivity contribution in [2.24, 2.45) is 7.05 Å². The number of nitrogens with zero attached hydrogens (tertiary/aromatic N) is 4. The van der Waals surface area contributed by atoms with Crippen molar-refractivity contribution in [1.82, 2.24) is 19.7 Å². The van der Waals surface area contributed by atoms with Gasteiger partial charge in [0.05, 0.1) is 17.3 Å². The largest absolute Gasteiger partial charge is 0.336 e. The first-order chi connectivity index (χ1) is 14.3. The molecule has 0 saturated carbocycles. The number of hydrogen-bond acceptors (Lipinski definition) is 5. The number of anilines is 1. The summed E-state index contributed by atoms with van der Waals surface area (Å²) < 4.78 is 1.79. The van der Waals surface area contributed by atoms with Crippen molar-refractivity contribution in [1.29, 1.82) is 0 Å². The molecule has 3 aromatic rings. The second kappa shape index (κ2) is 9.77. The quantitative estimate of drug-likeness (QED) is 0.564. The zero-order valence-electron chi connectivity index (χ0n) is 16.9. The molecule has 1 heterocycles. The van der Waals surface area contributed by atoms with Gasteiger partial charge in [-0.3, -0.25) is 9.59 Å². The first-order valence-electron chi connectivity index (χ1n) is 9.22. The van der Waals surface area contributed by atoms with Crippen LogP contribution in [0.4, 0.5) is 5.69 Å². The highest BCUT2D eigenvalue weighted by Crippen LogP contribution is 2.28. The van der Waals surface area contributed by atoms with Crippen molar-refractivity contribution in [2.75, 3.05) is 24.7 Å². The maximum Gasteiger partial charge on any atom is 0.243 e. The van der Waals surface area contributed by atoms with Gasteiger partial charge in [-0.2, -0.15) is 0 Å². The molecule has 1 aromatic heterocycles. The van der Waals surface area contributed by atoms with Crippen LogP contribution in [0.5, 0.6) is 0 Å². The molecule has 0 aliphatic carbocycles. The van der Waals surface area contributed by atoms with Crippen molar-refractivity contribution >= 4 is 40.9 Å². The molecular formula is C21H22ClN5O2S. The van der Waals surface area contributed by atoms with Crippen LogP contribution in [0.15, 0.2) is 53.7 Å². The third-order valence-electron chi connectivity index (χ3n) is 4.42. The van der Waals surface area contributed by atoms with Gasteiger partial charge in [0.1, 0.15) is 0 Å². The summed E-state index contributed by atoms with van der Waals surface area (Å²) in [6.45, 7) is 1.95. The van der Waals surface area contributed by atoms with Crippen molar-refractivity contribution in [2.45, 2.75) is 12.1 Å². The van der Waals surface area contributed by atoms with E-state index in [2.05, 4.69) is 15.5 Å². The molecule has 0 radical (unpaired) electrons. The van der Waals surface area contributed by atoms with Gasteiger partial charge in [-0.15, -0.1) is 10.2 Å². The lowest BCUT2D eigenvalue weighted by Gasteiger charge is -2.16. The average Bonchev–Trinajstić information content (AvgIpc) is 3.08. The third kappa shape index (κ3) is 5.40. The summed E-state index contributed by atoms with van der Waals surface area (Å²) >= 11 is 7.50. The number of carbonyl (C=O) groups is 2. The molecule has 0 atom stereocenters. The molecule has 2 aromatic carbocycles. The van der Waals surface area contributed by atoms with Crippen molar-refractivity contribution in [3.8, 4) is 11.4 Å². The highest BCUT2D eigenvalue weighted by molar-refractivity contribution is 7.99. The standard InChI is InChI=1S/C21H22ClN5O2S/c1-14-8-10-15(11-9-14)23-18(28)12-26(2)19(29)13-30-21-25-24-20(27(21)3)16-6-4-5-7-17(16)22/h4-11H,12-13H2,1-3H3,(H,23,28). The van der Waals surface area contributed by atoms with Gasteiger partial charge in [-0.25, -0.2) is 0 Å². The van der Waals surface area contributed by atoms with Gasteiger partial charge in [0.25, 0.3) is 0 Å². The van der Waals surface area contributed by atoms with Gasteiger partial charge in [0.2, 0.25) is 11.8 Å². The fourth-order valence-electron chi connectivity index (χ4n) is 2.70. The van der Waals surface area contributed by atoms with E-state index in [9.17, 15) is 9.59 Å². The van der Waals surface area contributed by atoms with E-state index in [1.807, 2.05) is 56.4 Å². The van der Waals surface area contributed by atoms with E-state index < -0.39 is 0 Å². The predicted molar refractivity (Wildman–Crippen MR) is 120 cm³/mol. The highest BCUT2D eigenvalue weighted by atomic mass is 35.5. The lowest BCUT2D eigenvalue weighted by molar-refractivity contribution is -0.131. The van der Waals surface area contributed by atoms with Crippen LogP contribution in [0.1, 0.15) is 5.56 Å². The number of nitrogens with one attached hydrogen (secondary N) is 1. The molecule has 0 bridgehead atoms. The Bertz CT molecular complexity index is 1050. The maximum atomic E-state index is 12.4. The van der Waals surface area contributed by atoms with E-state index in [0.717, 1.165) is 11.1 Å². The summed E-state index contributed by atoms with van der Waals surface area (Å²) in [6, 6.07) is 14.9. The molecule has 0 spiro atoms. The average molecular weight is 444 g/mol. The van der Waals surface area contributed by atoms with Gasteiger partial charge in [-0.1, -0.05) is 53.2 Å². The molecule has 0 fully saturated rings. The van der Waals surface area contributed by atoms with Crippen LogP contribution in [0.25, 0.3) is 11.4 Å². The third-order valence-corrected chi connectivity index (χ3v) is 5.75. The minimum absolute atomic E-state index is 0.0308. The molecule has 0 saturated heterocycles. The summed E-state index contributed by atoms with van der Waals surface area (Å²) in [7, 11) is 3.42. The van der Waals surface area contributed by atoms with Gasteiger partial charge >= 0.3 is 0 Å². The molecule has 9 heteroatoms. The highest BCUT2D eigenvalue weighted by Gasteiger charge is 2.17. The Morgan fingerprint density at radius 2 is 1.83 bits per heavy atom. The number of thioether (sulfide) groups is 1. The maximum absolute atomic E-state index is 12.4. The summed E-state index contributed by atoms with van der Waals surface area (Å²) in [5.41, 5.74) is 2.59. The number of hydrogen-bond donors (Lipinski definition) is 1. The molecule has 1 N–H and O–H groups in total. The minimum Gasteiger partial charge on any atom is -0.336 e. The Morgan fingerprint density at radius 1 is 1.13 bits per heavy atom. The molecular weight excluding hydrogens is 422 g/mol. The Kier molecular flexibility index (Phi) is 7.12. The molecule has 3 rings (SSSR count). The Hall–Kier alpha value is -2.84. The van der Waals surface area contributed by atoms with Gasteiger partial charge in [0, 0.05) is 25.3 Å². The summed E-state index contributed by atoms with van der Waals surface area (Å²) in [6.07, 6.45) is 0. The van der Waals surface area contributed by atoms with Crippen LogP contribution < -0.4 is 5.32 Å². The van der Waals surface area contributed by atoms with Crippen molar-refractivity contribution < 1.29 is 9.59 Å². The monoisotopic (exact) mass is 443 g/mol. The van der Waals surface area contributed by atoms with Crippen LogP contribution >= 0.6 is 23.4 Å². The summed E-state index contributed by atoms with van der Waals surface area (Å²) in [4.78, 5) is 26.0. The van der Waals surface area contributed by atoms with Crippen molar-refractivity contribution in [3.05, 3.63) is 59.1 Å². The Morgan fingerprint density at radius 3 is 2.53 bits per heavy atom. The topological polar surface area (TPSA) is 80.1 Å².